The second-order valence-electron chi connectivity index (χ2n) is 5.67. The molecule has 1 aliphatic carbocycles. The molecule has 98 valence electrons. The number of anilines is 1. The van der Waals surface area contributed by atoms with Crippen molar-refractivity contribution in [2.24, 2.45) is 11.3 Å². The number of amides is 1. The zero-order valence-corrected chi connectivity index (χ0v) is 11.3. The number of rotatable bonds is 3. The molecular weight excluding hydrogens is 224 g/mol. The minimum absolute atomic E-state index is 0.154. The summed E-state index contributed by atoms with van der Waals surface area (Å²) in [7, 11) is 0. The molecule has 0 atom stereocenters. The van der Waals surface area contributed by atoms with E-state index in [1.165, 1.54) is 6.42 Å². The second kappa shape index (κ2) is 5.51. The van der Waals surface area contributed by atoms with E-state index in [0.29, 0.717) is 5.41 Å². The van der Waals surface area contributed by atoms with E-state index >= 15 is 0 Å². The summed E-state index contributed by atoms with van der Waals surface area (Å²) in [6.45, 7) is 4.58. The Morgan fingerprint density at radius 2 is 2.22 bits per heavy atom. The first-order chi connectivity index (χ1) is 8.63. The number of hydrogen-bond acceptors (Lipinski definition) is 2. The van der Waals surface area contributed by atoms with E-state index in [9.17, 15) is 4.79 Å². The maximum absolute atomic E-state index is 12.1. The number of aromatic nitrogens is 1. The van der Waals surface area contributed by atoms with Crippen molar-refractivity contribution in [2.75, 3.05) is 5.32 Å². The molecule has 0 radical (unpaired) electrons. The smallest absolute Gasteiger partial charge is 0.227 e. The molecule has 0 aliphatic heterocycles. The fourth-order valence-electron chi connectivity index (χ4n) is 2.61. The first kappa shape index (κ1) is 13.1. The van der Waals surface area contributed by atoms with Crippen LogP contribution < -0.4 is 5.32 Å². The summed E-state index contributed by atoms with van der Waals surface area (Å²) in [5.41, 5.74) is 1.25. The van der Waals surface area contributed by atoms with E-state index in [0.717, 1.165) is 31.4 Å². The number of carbonyl (C=O) groups excluding carboxylic acids is 1. The largest absolute Gasteiger partial charge is 0.324 e. The van der Waals surface area contributed by atoms with Crippen LogP contribution in [0.25, 0.3) is 0 Å². The molecule has 1 N–H and O–H groups in total. The highest BCUT2D eigenvalue weighted by Gasteiger charge is 2.32. The molecule has 1 aromatic heterocycles. The van der Waals surface area contributed by atoms with E-state index in [-0.39, 0.29) is 11.8 Å². The summed E-state index contributed by atoms with van der Waals surface area (Å²) in [6.07, 6.45) is 8.96. The van der Waals surface area contributed by atoms with Gasteiger partial charge in [-0.25, -0.2) is 0 Å². The highest BCUT2D eigenvalue weighted by atomic mass is 16.1. The molecule has 2 rings (SSSR count). The predicted molar refractivity (Wildman–Crippen MR) is 73.2 cm³/mol. The third-order valence-electron chi connectivity index (χ3n) is 4.35. The molecule has 0 aromatic carbocycles. The van der Waals surface area contributed by atoms with Gasteiger partial charge in [-0.3, -0.25) is 9.78 Å². The number of hydrogen-bond donors (Lipinski definition) is 1. The van der Waals surface area contributed by atoms with Gasteiger partial charge in [-0.2, -0.15) is 0 Å². The fourth-order valence-corrected chi connectivity index (χ4v) is 2.61. The number of nitrogens with one attached hydrogen (secondary N) is 1. The third-order valence-corrected chi connectivity index (χ3v) is 4.35. The third kappa shape index (κ3) is 3.09. The lowest BCUT2D eigenvalue weighted by atomic mass is 9.70. The summed E-state index contributed by atoms with van der Waals surface area (Å²) in [5.74, 6) is 0.325. The van der Waals surface area contributed by atoms with Crippen LogP contribution >= 0.6 is 0 Å². The first-order valence-corrected chi connectivity index (χ1v) is 6.84. The number of pyridine rings is 1. The SMILES string of the molecule is CCC1(C)CCC(C(=O)Nc2cccnc2)CC1. The van der Waals surface area contributed by atoms with Crippen LogP contribution in [0.15, 0.2) is 24.5 Å². The van der Waals surface area contributed by atoms with E-state index in [2.05, 4.69) is 24.1 Å². The molecule has 3 heteroatoms. The van der Waals surface area contributed by atoms with Crippen LogP contribution in [0.1, 0.15) is 46.0 Å². The summed E-state index contributed by atoms with van der Waals surface area (Å²) in [4.78, 5) is 16.1. The van der Waals surface area contributed by atoms with Crippen LogP contribution in [0.3, 0.4) is 0 Å². The van der Waals surface area contributed by atoms with Gasteiger partial charge in [0.15, 0.2) is 0 Å². The van der Waals surface area contributed by atoms with Crippen molar-refractivity contribution in [1.82, 2.24) is 4.98 Å². The Hall–Kier alpha value is -1.38. The molecular formula is C15H22N2O. The van der Waals surface area contributed by atoms with Crippen molar-refractivity contribution in [3.05, 3.63) is 24.5 Å². The summed E-state index contributed by atoms with van der Waals surface area (Å²) < 4.78 is 0. The van der Waals surface area contributed by atoms with Crippen LogP contribution in [-0.4, -0.2) is 10.9 Å². The Balaban J connectivity index is 1.88. The predicted octanol–water partition coefficient (Wildman–Crippen LogP) is 3.63. The van der Waals surface area contributed by atoms with Crippen molar-refractivity contribution < 1.29 is 4.79 Å². The molecule has 1 saturated carbocycles. The van der Waals surface area contributed by atoms with Crippen LogP contribution in [0.2, 0.25) is 0 Å². The van der Waals surface area contributed by atoms with Gasteiger partial charge >= 0.3 is 0 Å². The Kier molecular flexibility index (Phi) is 4.00. The Morgan fingerprint density at radius 3 is 2.78 bits per heavy atom. The molecule has 0 saturated heterocycles. The topological polar surface area (TPSA) is 42.0 Å². The quantitative estimate of drug-likeness (QED) is 0.885. The van der Waals surface area contributed by atoms with Gasteiger partial charge < -0.3 is 5.32 Å². The molecule has 1 aliphatic rings. The van der Waals surface area contributed by atoms with Crippen molar-refractivity contribution in [2.45, 2.75) is 46.0 Å². The normalized spacial score (nSPS) is 27.8. The second-order valence-corrected chi connectivity index (χ2v) is 5.67. The standard InChI is InChI=1S/C15H22N2O/c1-3-15(2)8-6-12(7-9-15)14(18)17-13-5-4-10-16-11-13/h4-5,10-12H,3,6-9H2,1-2H3,(H,17,18). The Morgan fingerprint density at radius 1 is 1.50 bits per heavy atom. The monoisotopic (exact) mass is 246 g/mol. The zero-order valence-electron chi connectivity index (χ0n) is 11.3. The Labute approximate surface area is 109 Å². The number of carbonyl (C=O) groups is 1. The highest BCUT2D eigenvalue weighted by Crippen LogP contribution is 2.41. The minimum Gasteiger partial charge on any atom is -0.324 e. The maximum atomic E-state index is 12.1. The fraction of sp³-hybridized carbons (Fsp3) is 0.600. The molecule has 0 bridgehead atoms. The van der Waals surface area contributed by atoms with Crippen LogP contribution in [0.4, 0.5) is 5.69 Å². The lowest BCUT2D eigenvalue weighted by Crippen LogP contribution is -2.31. The van der Waals surface area contributed by atoms with Gasteiger partial charge in [0.25, 0.3) is 0 Å². The minimum atomic E-state index is 0.154. The van der Waals surface area contributed by atoms with Gasteiger partial charge in [0.1, 0.15) is 0 Å². The molecule has 1 aromatic rings. The lowest BCUT2D eigenvalue weighted by molar-refractivity contribution is -0.121. The molecule has 0 unspecified atom stereocenters. The van der Waals surface area contributed by atoms with Gasteiger partial charge in [-0.1, -0.05) is 20.3 Å². The zero-order chi connectivity index (χ0) is 13.0. The molecule has 1 amide bonds. The summed E-state index contributed by atoms with van der Waals surface area (Å²) in [5, 5.41) is 2.96. The van der Waals surface area contributed by atoms with E-state index in [1.54, 1.807) is 12.4 Å². The van der Waals surface area contributed by atoms with Crippen molar-refractivity contribution in [1.29, 1.82) is 0 Å². The summed E-state index contributed by atoms with van der Waals surface area (Å²) in [6, 6.07) is 3.72. The van der Waals surface area contributed by atoms with Crippen LogP contribution in [-0.2, 0) is 4.79 Å². The van der Waals surface area contributed by atoms with Crippen molar-refractivity contribution in [3.8, 4) is 0 Å². The first-order valence-electron chi connectivity index (χ1n) is 6.84. The van der Waals surface area contributed by atoms with E-state index in [1.807, 2.05) is 12.1 Å². The molecule has 18 heavy (non-hydrogen) atoms. The van der Waals surface area contributed by atoms with Gasteiger partial charge in [0, 0.05) is 12.1 Å². The molecule has 0 spiro atoms. The Bertz CT molecular complexity index is 394. The molecule has 1 heterocycles. The van der Waals surface area contributed by atoms with Crippen molar-refractivity contribution in [3.63, 3.8) is 0 Å². The summed E-state index contributed by atoms with van der Waals surface area (Å²) >= 11 is 0. The van der Waals surface area contributed by atoms with E-state index < -0.39 is 0 Å². The maximum Gasteiger partial charge on any atom is 0.227 e. The van der Waals surface area contributed by atoms with Crippen molar-refractivity contribution >= 4 is 11.6 Å². The molecule has 1 fully saturated rings. The number of nitrogens with zero attached hydrogens (tertiary/aromatic N) is 1. The highest BCUT2D eigenvalue weighted by molar-refractivity contribution is 5.92. The van der Waals surface area contributed by atoms with E-state index in [4.69, 9.17) is 0 Å². The van der Waals surface area contributed by atoms with Gasteiger partial charge in [0.2, 0.25) is 5.91 Å². The van der Waals surface area contributed by atoms with Crippen LogP contribution in [0.5, 0.6) is 0 Å². The average molecular weight is 246 g/mol. The lowest BCUT2D eigenvalue weighted by Gasteiger charge is -2.36. The van der Waals surface area contributed by atoms with Gasteiger partial charge in [-0.05, 0) is 43.2 Å². The van der Waals surface area contributed by atoms with Gasteiger partial charge in [0.05, 0.1) is 11.9 Å². The molecule has 3 nitrogen and oxygen atoms in total. The van der Waals surface area contributed by atoms with Crippen LogP contribution in [0, 0.1) is 11.3 Å². The van der Waals surface area contributed by atoms with Gasteiger partial charge in [-0.15, -0.1) is 0 Å². The average Bonchev–Trinajstić information content (AvgIpc) is 2.40.